The Morgan fingerprint density at radius 2 is 1.17 bits per heavy atom. The van der Waals surface area contributed by atoms with E-state index in [2.05, 4.69) is 24.3 Å². The minimum absolute atomic E-state index is 0.358. The molecule has 0 aromatic rings. The van der Waals surface area contributed by atoms with Crippen molar-refractivity contribution in [1.82, 2.24) is 0 Å². The summed E-state index contributed by atoms with van der Waals surface area (Å²) in [6, 6.07) is 8.54. The fraction of sp³-hybridized carbons (Fsp3) is 0.714. The van der Waals surface area contributed by atoms with Crippen LogP contribution >= 0.6 is 0 Å². The molecule has 0 aliphatic rings. The van der Waals surface area contributed by atoms with Gasteiger partial charge in [0.2, 0.25) is 0 Å². The summed E-state index contributed by atoms with van der Waals surface area (Å²) in [4.78, 5) is 0. The van der Waals surface area contributed by atoms with Gasteiger partial charge in [0.05, 0.1) is 29.7 Å². The van der Waals surface area contributed by atoms with Crippen LogP contribution in [0.4, 0.5) is 0 Å². The van der Waals surface area contributed by atoms with Crippen molar-refractivity contribution in [1.29, 1.82) is 21.0 Å². The van der Waals surface area contributed by atoms with Crippen molar-refractivity contribution in [2.75, 3.05) is 0 Å². The van der Waals surface area contributed by atoms with E-state index in [-0.39, 0.29) is 0 Å². The number of hydrogen-bond donors (Lipinski definition) is 0. The van der Waals surface area contributed by atoms with Gasteiger partial charge in [-0.05, 0) is 25.7 Å². The summed E-state index contributed by atoms with van der Waals surface area (Å²) < 4.78 is 0. The van der Waals surface area contributed by atoms with Gasteiger partial charge in [-0.25, -0.2) is 0 Å². The van der Waals surface area contributed by atoms with E-state index in [1.54, 1.807) is 0 Å². The molecule has 94 valence electrons. The summed E-state index contributed by atoms with van der Waals surface area (Å²) >= 11 is 0. The van der Waals surface area contributed by atoms with Gasteiger partial charge >= 0.3 is 0 Å². The SMILES string of the molecule is N#CCCCCCC(C#N)(CCC#N)CCC#N. The van der Waals surface area contributed by atoms with Gasteiger partial charge < -0.3 is 0 Å². The van der Waals surface area contributed by atoms with Gasteiger partial charge in [-0.2, -0.15) is 21.0 Å². The Hall–Kier alpha value is -2.04. The maximum absolute atomic E-state index is 9.31. The summed E-state index contributed by atoms with van der Waals surface area (Å²) in [5.41, 5.74) is -0.530. The number of nitriles is 4. The first-order valence-electron chi connectivity index (χ1n) is 6.27. The van der Waals surface area contributed by atoms with Crippen LogP contribution < -0.4 is 0 Å². The second-order valence-electron chi connectivity index (χ2n) is 4.43. The molecule has 0 rings (SSSR count). The maximum Gasteiger partial charge on any atom is 0.0690 e. The van der Waals surface area contributed by atoms with Crippen LogP contribution in [-0.4, -0.2) is 0 Å². The monoisotopic (exact) mass is 242 g/mol. The van der Waals surface area contributed by atoms with Gasteiger partial charge in [-0.15, -0.1) is 0 Å². The molecule has 0 aliphatic carbocycles. The zero-order chi connectivity index (χ0) is 13.7. The highest BCUT2D eigenvalue weighted by molar-refractivity contribution is 5.01. The van der Waals surface area contributed by atoms with Crippen molar-refractivity contribution in [3.63, 3.8) is 0 Å². The molecular formula is C14H18N4. The van der Waals surface area contributed by atoms with Crippen LogP contribution in [-0.2, 0) is 0 Å². The van der Waals surface area contributed by atoms with Crippen molar-refractivity contribution in [2.45, 2.75) is 57.8 Å². The second kappa shape index (κ2) is 10.1. The molecule has 0 aromatic carbocycles. The largest absolute Gasteiger partial charge is 0.198 e. The summed E-state index contributed by atoms with van der Waals surface area (Å²) in [6.45, 7) is 0. The number of rotatable bonds is 9. The Kier molecular flexibility index (Phi) is 8.99. The highest BCUT2D eigenvalue weighted by Crippen LogP contribution is 2.34. The zero-order valence-electron chi connectivity index (χ0n) is 10.7. The van der Waals surface area contributed by atoms with E-state index in [4.69, 9.17) is 15.8 Å². The number of unbranched alkanes of at least 4 members (excludes halogenated alkanes) is 3. The molecule has 0 radical (unpaired) electrons. The van der Waals surface area contributed by atoms with Gasteiger partial charge in [0.25, 0.3) is 0 Å². The van der Waals surface area contributed by atoms with Crippen molar-refractivity contribution in [3.05, 3.63) is 0 Å². The average molecular weight is 242 g/mol. The fourth-order valence-corrected chi connectivity index (χ4v) is 1.98. The second-order valence-corrected chi connectivity index (χ2v) is 4.43. The van der Waals surface area contributed by atoms with Crippen molar-refractivity contribution < 1.29 is 0 Å². The highest BCUT2D eigenvalue weighted by Gasteiger charge is 2.28. The lowest BCUT2D eigenvalue weighted by Crippen LogP contribution is -2.18. The molecule has 4 nitrogen and oxygen atoms in total. The predicted octanol–water partition coefficient (Wildman–Crippen LogP) is 3.58. The molecule has 0 spiro atoms. The molecule has 0 unspecified atom stereocenters. The van der Waals surface area contributed by atoms with Gasteiger partial charge in [0.15, 0.2) is 0 Å². The smallest absolute Gasteiger partial charge is 0.0690 e. The summed E-state index contributed by atoms with van der Waals surface area (Å²) in [7, 11) is 0. The fourth-order valence-electron chi connectivity index (χ4n) is 1.98. The van der Waals surface area contributed by atoms with Crippen molar-refractivity contribution in [2.24, 2.45) is 5.41 Å². The van der Waals surface area contributed by atoms with Gasteiger partial charge in [0.1, 0.15) is 0 Å². The van der Waals surface area contributed by atoms with Crippen LogP contribution in [0.1, 0.15) is 57.8 Å². The van der Waals surface area contributed by atoms with Crippen LogP contribution in [0.5, 0.6) is 0 Å². The first-order valence-corrected chi connectivity index (χ1v) is 6.27. The number of nitrogens with zero attached hydrogens (tertiary/aromatic N) is 4. The van der Waals surface area contributed by atoms with Crippen molar-refractivity contribution >= 4 is 0 Å². The van der Waals surface area contributed by atoms with Crippen LogP contribution in [0.2, 0.25) is 0 Å². The molecular weight excluding hydrogens is 224 g/mol. The minimum atomic E-state index is -0.530. The van der Waals surface area contributed by atoms with Gasteiger partial charge in [-0.1, -0.05) is 12.8 Å². The van der Waals surface area contributed by atoms with Crippen LogP contribution in [0.25, 0.3) is 0 Å². The maximum atomic E-state index is 9.31. The molecule has 0 heterocycles. The third-order valence-corrected chi connectivity index (χ3v) is 3.11. The Morgan fingerprint density at radius 3 is 1.61 bits per heavy atom. The Labute approximate surface area is 109 Å². The normalized spacial score (nSPS) is 9.78. The van der Waals surface area contributed by atoms with Crippen LogP contribution in [0.3, 0.4) is 0 Å². The van der Waals surface area contributed by atoms with Crippen molar-refractivity contribution in [3.8, 4) is 24.3 Å². The molecule has 0 aliphatic heterocycles. The molecule has 18 heavy (non-hydrogen) atoms. The predicted molar refractivity (Wildman–Crippen MR) is 66.4 cm³/mol. The Bertz CT molecular complexity index is 368. The van der Waals surface area contributed by atoms with E-state index in [0.29, 0.717) is 32.1 Å². The topological polar surface area (TPSA) is 95.2 Å². The standard InChI is InChI=1S/C14H18N4/c15-10-4-2-1-3-7-14(13-18,8-5-11-16)9-6-12-17/h1-9H2. The average Bonchev–Trinajstić information content (AvgIpc) is 2.41. The lowest BCUT2D eigenvalue weighted by Gasteiger charge is -2.24. The quantitative estimate of drug-likeness (QED) is 0.577. The van der Waals surface area contributed by atoms with Gasteiger partial charge in [-0.3, -0.25) is 0 Å². The first-order chi connectivity index (χ1) is 8.74. The van der Waals surface area contributed by atoms with E-state index < -0.39 is 5.41 Å². The van der Waals surface area contributed by atoms with Crippen LogP contribution in [0, 0.1) is 50.7 Å². The molecule has 0 fully saturated rings. The van der Waals surface area contributed by atoms with E-state index in [1.807, 2.05) is 0 Å². The molecule has 0 amide bonds. The van der Waals surface area contributed by atoms with E-state index in [9.17, 15) is 5.26 Å². The molecule has 0 saturated heterocycles. The van der Waals surface area contributed by atoms with E-state index >= 15 is 0 Å². The summed E-state index contributed by atoms with van der Waals surface area (Å²) in [5.74, 6) is 0. The van der Waals surface area contributed by atoms with Crippen LogP contribution in [0.15, 0.2) is 0 Å². The van der Waals surface area contributed by atoms with E-state index in [0.717, 1.165) is 25.7 Å². The van der Waals surface area contributed by atoms with E-state index in [1.165, 1.54) is 0 Å². The highest BCUT2D eigenvalue weighted by atomic mass is 14.4. The lowest BCUT2D eigenvalue weighted by atomic mass is 9.76. The summed E-state index contributed by atoms with van der Waals surface area (Å²) in [5, 5.41) is 35.0. The lowest BCUT2D eigenvalue weighted by molar-refractivity contribution is 0.304. The molecule has 0 N–H and O–H groups in total. The molecule has 0 aromatic heterocycles. The third kappa shape index (κ3) is 6.52. The Balaban J connectivity index is 4.28. The molecule has 0 atom stereocenters. The molecule has 0 bridgehead atoms. The zero-order valence-corrected chi connectivity index (χ0v) is 10.7. The van der Waals surface area contributed by atoms with Gasteiger partial charge in [0, 0.05) is 19.3 Å². The molecule has 0 saturated carbocycles. The molecule has 4 heteroatoms. The Morgan fingerprint density at radius 1 is 0.611 bits per heavy atom. The summed E-state index contributed by atoms with van der Waals surface area (Å²) in [6.07, 6.45) is 5.74. The minimum Gasteiger partial charge on any atom is -0.198 e. The number of hydrogen-bond acceptors (Lipinski definition) is 4. The third-order valence-electron chi connectivity index (χ3n) is 3.11. The first kappa shape index (κ1) is 16.0.